The first kappa shape index (κ1) is 14.3. The zero-order valence-corrected chi connectivity index (χ0v) is 10.0. The summed E-state index contributed by atoms with van der Waals surface area (Å²) in [5.74, 6) is -0.693. The number of nitrogen functional groups attached to an aromatic ring is 1. The summed E-state index contributed by atoms with van der Waals surface area (Å²) in [5.41, 5.74) is 5.89. The van der Waals surface area contributed by atoms with E-state index in [1.165, 1.54) is 18.2 Å². The predicted octanol–water partition coefficient (Wildman–Crippen LogP) is 0.322. The van der Waals surface area contributed by atoms with E-state index in [0.29, 0.717) is 5.56 Å². The Morgan fingerprint density at radius 3 is 2.67 bits per heavy atom. The Labute approximate surface area is 105 Å². The first-order valence-corrected chi connectivity index (χ1v) is 5.55. The van der Waals surface area contributed by atoms with Gasteiger partial charge in [-0.05, 0) is 24.6 Å². The summed E-state index contributed by atoms with van der Waals surface area (Å²) >= 11 is 0. The van der Waals surface area contributed by atoms with Crippen molar-refractivity contribution in [3.63, 3.8) is 0 Å². The Morgan fingerprint density at radius 1 is 1.44 bits per heavy atom. The average Bonchev–Trinajstić information content (AvgIpc) is 2.32. The lowest BCUT2D eigenvalue weighted by Gasteiger charge is -2.18. The smallest absolute Gasteiger partial charge is 0.308 e. The number of rotatable bonds is 5. The van der Waals surface area contributed by atoms with Crippen molar-refractivity contribution in [2.45, 2.75) is 25.6 Å². The van der Waals surface area contributed by atoms with Crippen LogP contribution in [0.3, 0.4) is 0 Å². The van der Waals surface area contributed by atoms with Crippen molar-refractivity contribution in [1.82, 2.24) is 0 Å². The third-order valence-electron chi connectivity index (χ3n) is 2.44. The molecule has 5 N–H and O–H groups in total. The van der Waals surface area contributed by atoms with Crippen molar-refractivity contribution >= 4 is 11.7 Å². The maximum atomic E-state index is 11.2. The van der Waals surface area contributed by atoms with E-state index in [1.54, 1.807) is 6.92 Å². The van der Waals surface area contributed by atoms with Gasteiger partial charge in [0.25, 0.3) is 0 Å². The van der Waals surface area contributed by atoms with Gasteiger partial charge in [-0.1, -0.05) is 6.07 Å². The minimum Gasteiger partial charge on any atom is -0.506 e. The number of esters is 1. The molecule has 0 radical (unpaired) electrons. The second kappa shape index (κ2) is 6.23. The molecule has 1 aromatic rings. The highest BCUT2D eigenvalue weighted by Crippen LogP contribution is 2.26. The summed E-state index contributed by atoms with van der Waals surface area (Å²) in [7, 11) is 0. The van der Waals surface area contributed by atoms with Crippen molar-refractivity contribution in [1.29, 1.82) is 0 Å². The van der Waals surface area contributed by atoms with Crippen LogP contribution >= 0.6 is 0 Å². The highest BCUT2D eigenvalue weighted by Gasteiger charge is 2.22. The molecule has 0 saturated carbocycles. The van der Waals surface area contributed by atoms with Crippen LogP contribution in [0.5, 0.6) is 5.75 Å². The second-order valence-electron chi connectivity index (χ2n) is 3.84. The summed E-state index contributed by atoms with van der Waals surface area (Å²) in [6.45, 7) is 1.87. The molecule has 0 bridgehead atoms. The Balaban J connectivity index is 2.70. The molecule has 0 saturated heterocycles. The number of carbonyl (C=O) groups excluding carboxylic acids is 1. The Hall–Kier alpha value is -1.79. The molecule has 2 atom stereocenters. The normalized spacial score (nSPS) is 13.9. The van der Waals surface area contributed by atoms with E-state index in [2.05, 4.69) is 4.74 Å². The quantitative estimate of drug-likeness (QED) is 0.342. The van der Waals surface area contributed by atoms with Crippen molar-refractivity contribution in [3.8, 4) is 5.75 Å². The van der Waals surface area contributed by atoms with Gasteiger partial charge in [-0.25, -0.2) is 0 Å². The first-order chi connectivity index (χ1) is 8.45. The molecular weight excluding hydrogens is 238 g/mol. The zero-order valence-electron chi connectivity index (χ0n) is 10.0. The van der Waals surface area contributed by atoms with Crippen molar-refractivity contribution < 1.29 is 24.9 Å². The fourth-order valence-corrected chi connectivity index (χ4v) is 1.48. The number of aliphatic hydroxyl groups is 2. The molecule has 2 unspecified atom stereocenters. The van der Waals surface area contributed by atoms with Gasteiger partial charge in [0.15, 0.2) is 0 Å². The molecule has 0 aliphatic rings. The number of aliphatic hydroxyl groups excluding tert-OH is 2. The number of phenolic OH excluding ortho intramolecular Hbond substituents is 1. The van der Waals surface area contributed by atoms with Crippen molar-refractivity contribution in [2.75, 3.05) is 12.3 Å². The number of hydrogen-bond acceptors (Lipinski definition) is 6. The molecule has 0 spiro atoms. The summed E-state index contributed by atoms with van der Waals surface area (Å²) in [5, 5.41) is 28.7. The highest BCUT2D eigenvalue weighted by atomic mass is 16.5. The van der Waals surface area contributed by atoms with E-state index < -0.39 is 18.2 Å². The SMILES string of the molecule is CCOC(=O)CC(O)C(O)c1ccc(O)c(N)c1. The Kier molecular flexibility index (Phi) is 4.94. The third-order valence-corrected chi connectivity index (χ3v) is 2.44. The monoisotopic (exact) mass is 255 g/mol. The lowest BCUT2D eigenvalue weighted by atomic mass is 10.0. The van der Waals surface area contributed by atoms with Crippen LogP contribution in [-0.4, -0.2) is 34.0 Å². The largest absolute Gasteiger partial charge is 0.506 e. The zero-order chi connectivity index (χ0) is 13.7. The summed E-state index contributed by atoms with van der Waals surface area (Å²) < 4.78 is 4.67. The molecule has 18 heavy (non-hydrogen) atoms. The van der Waals surface area contributed by atoms with Gasteiger partial charge in [0.05, 0.1) is 24.8 Å². The summed E-state index contributed by atoms with van der Waals surface area (Å²) in [6.07, 6.45) is -2.86. The predicted molar refractivity (Wildman–Crippen MR) is 64.7 cm³/mol. The maximum Gasteiger partial charge on any atom is 0.308 e. The van der Waals surface area contributed by atoms with E-state index in [0.717, 1.165) is 0 Å². The van der Waals surface area contributed by atoms with E-state index in [9.17, 15) is 20.1 Å². The minimum absolute atomic E-state index is 0.0925. The Morgan fingerprint density at radius 2 is 2.11 bits per heavy atom. The lowest BCUT2D eigenvalue weighted by Crippen LogP contribution is -2.23. The van der Waals surface area contributed by atoms with Gasteiger partial charge in [0, 0.05) is 0 Å². The molecule has 0 heterocycles. The second-order valence-corrected chi connectivity index (χ2v) is 3.84. The number of nitrogens with two attached hydrogens (primary N) is 1. The van der Waals surface area contributed by atoms with E-state index in [4.69, 9.17) is 5.73 Å². The maximum absolute atomic E-state index is 11.2. The highest BCUT2D eigenvalue weighted by molar-refractivity contribution is 5.70. The van der Waals surface area contributed by atoms with Crippen LogP contribution in [0.2, 0.25) is 0 Å². The third kappa shape index (κ3) is 3.61. The van der Waals surface area contributed by atoms with Crippen molar-refractivity contribution in [2.24, 2.45) is 0 Å². The number of anilines is 1. The molecule has 0 aromatic heterocycles. The van der Waals surface area contributed by atoms with Crippen LogP contribution in [0.1, 0.15) is 25.0 Å². The molecule has 6 nitrogen and oxygen atoms in total. The van der Waals surface area contributed by atoms with Crippen molar-refractivity contribution in [3.05, 3.63) is 23.8 Å². The summed E-state index contributed by atoms with van der Waals surface area (Å²) in [4.78, 5) is 11.2. The van der Waals surface area contributed by atoms with Crippen LogP contribution < -0.4 is 5.73 Å². The van der Waals surface area contributed by atoms with Gasteiger partial charge in [0.2, 0.25) is 0 Å². The van der Waals surface area contributed by atoms with Crippen LogP contribution in [-0.2, 0) is 9.53 Å². The Bertz CT molecular complexity index is 421. The fraction of sp³-hybridized carbons (Fsp3) is 0.417. The van der Waals surface area contributed by atoms with Gasteiger partial charge >= 0.3 is 5.97 Å². The number of hydrogen-bond donors (Lipinski definition) is 4. The van der Waals surface area contributed by atoms with E-state index in [1.807, 2.05) is 0 Å². The number of phenols is 1. The molecule has 0 aliphatic heterocycles. The number of ether oxygens (including phenoxy) is 1. The topological polar surface area (TPSA) is 113 Å². The van der Waals surface area contributed by atoms with Crippen LogP contribution in [0.4, 0.5) is 5.69 Å². The molecule has 0 amide bonds. The van der Waals surface area contributed by atoms with Crippen LogP contribution in [0, 0.1) is 0 Å². The van der Waals surface area contributed by atoms with E-state index >= 15 is 0 Å². The van der Waals surface area contributed by atoms with Gasteiger partial charge in [-0.3, -0.25) is 4.79 Å². The standard InChI is InChI=1S/C12H17NO5/c1-2-18-11(16)6-10(15)12(17)7-3-4-9(14)8(13)5-7/h3-5,10,12,14-15,17H,2,6,13H2,1H3. The first-order valence-electron chi connectivity index (χ1n) is 5.55. The van der Waals surface area contributed by atoms with Crippen LogP contribution in [0.15, 0.2) is 18.2 Å². The van der Waals surface area contributed by atoms with E-state index in [-0.39, 0.29) is 24.5 Å². The molecule has 0 aliphatic carbocycles. The average molecular weight is 255 g/mol. The molecule has 1 rings (SSSR count). The van der Waals surface area contributed by atoms with Gasteiger partial charge in [-0.15, -0.1) is 0 Å². The fourth-order valence-electron chi connectivity index (χ4n) is 1.48. The molecule has 1 aromatic carbocycles. The molecule has 6 heteroatoms. The van der Waals surface area contributed by atoms with Crippen LogP contribution in [0.25, 0.3) is 0 Å². The van der Waals surface area contributed by atoms with Gasteiger partial charge in [0.1, 0.15) is 11.9 Å². The number of benzene rings is 1. The lowest BCUT2D eigenvalue weighted by molar-refractivity contribution is -0.147. The summed E-state index contributed by atoms with van der Waals surface area (Å²) in [6, 6.07) is 4.07. The number of aromatic hydroxyl groups is 1. The molecular formula is C12H17NO5. The molecule has 100 valence electrons. The van der Waals surface area contributed by atoms with Gasteiger partial charge < -0.3 is 25.8 Å². The van der Waals surface area contributed by atoms with Gasteiger partial charge in [-0.2, -0.15) is 0 Å². The molecule has 0 fully saturated rings. The minimum atomic E-state index is -1.28. The number of carbonyl (C=O) groups is 1.